The number of furan rings is 1. The van der Waals surface area contributed by atoms with E-state index in [0.29, 0.717) is 23.6 Å². The molecule has 2 rings (SSSR count). The molecule has 5 nitrogen and oxygen atoms in total. The molecule has 0 aliphatic heterocycles. The van der Waals surface area contributed by atoms with Gasteiger partial charge in [0.1, 0.15) is 23.9 Å². The summed E-state index contributed by atoms with van der Waals surface area (Å²) in [4.78, 5) is 11.2. The molecule has 0 aliphatic carbocycles. The van der Waals surface area contributed by atoms with Gasteiger partial charge in [-0.3, -0.25) is 0 Å². The Morgan fingerprint density at radius 3 is 3.00 bits per heavy atom. The summed E-state index contributed by atoms with van der Waals surface area (Å²) in [6, 6.07) is 7.44. The van der Waals surface area contributed by atoms with Gasteiger partial charge in [-0.1, -0.05) is 0 Å². The molecule has 0 saturated heterocycles. The molecule has 0 amide bonds. The standard InChI is InChI=1S/C14H11FN2O3/c1-19-14(18)10-5-12(20-8-10)7-17-11-2-3-13(15)9(4-11)6-16/h2-5,8,17H,7H2,1H3. The fourth-order valence-electron chi connectivity index (χ4n) is 1.61. The largest absolute Gasteiger partial charge is 0.467 e. The third kappa shape index (κ3) is 2.95. The summed E-state index contributed by atoms with van der Waals surface area (Å²) in [6.07, 6.45) is 1.30. The van der Waals surface area contributed by atoms with Crippen LogP contribution in [0.1, 0.15) is 21.7 Å². The predicted octanol–water partition coefficient (Wildman–Crippen LogP) is 2.69. The number of halogens is 1. The topological polar surface area (TPSA) is 75.3 Å². The number of carbonyl (C=O) groups is 1. The molecule has 0 fully saturated rings. The van der Waals surface area contributed by atoms with E-state index < -0.39 is 11.8 Å². The highest BCUT2D eigenvalue weighted by Crippen LogP contribution is 2.16. The van der Waals surface area contributed by atoms with Crippen LogP contribution in [0.25, 0.3) is 0 Å². The second-order valence-electron chi connectivity index (χ2n) is 3.95. The Hall–Kier alpha value is -2.81. The highest BCUT2D eigenvalue weighted by molar-refractivity contribution is 5.88. The molecule has 1 N–H and O–H groups in total. The van der Waals surface area contributed by atoms with Crippen molar-refractivity contribution in [2.75, 3.05) is 12.4 Å². The van der Waals surface area contributed by atoms with Crippen LogP contribution in [0.4, 0.5) is 10.1 Å². The Morgan fingerprint density at radius 2 is 2.30 bits per heavy atom. The molecule has 0 unspecified atom stereocenters. The van der Waals surface area contributed by atoms with Crippen molar-refractivity contribution < 1.29 is 18.3 Å². The summed E-state index contributed by atoms with van der Waals surface area (Å²) in [5.41, 5.74) is 0.866. The summed E-state index contributed by atoms with van der Waals surface area (Å²) in [7, 11) is 1.29. The minimum atomic E-state index is -0.566. The number of rotatable bonds is 4. The van der Waals surface area contributed by atoms with E-state index in [1.807, 2.05) is 0 Å². The number of esters is 1. The zero-order chi connectivity index (χ0) is 14.5. The number of hydrogen-bond donors (Lipinski definition) is 1. The molecule has 102 valence electrons. The van der Waals surface area contributed by atoms with Gasteiger partial charge in [0.15, 0.2) is 0 Å². The van der Waals surface area contributed by atoms with Gasteiger partial charge in [-0.15, -0.1) is 0 Å². The van der Waals surface area contributed by atoms with Crippen LogP contribution in [0.2, 0.25) is 0 Å². The van der Waals surface area contributed by atoms with E-state index in [-0.39, 0.29) is 5.56 Å². The van der Waals surface area contributed by atoms with Crippen molar-refractivity contribution in [2.45, 2.75) is 6.54 Å². The van der Waals surface area contributed by atoms with E-state index in [1.165, 1.54) is 31.6 Å². The summed E-state index contributed by atoms with van der Waals surface area (Å²) >= 11 is 0. The first-order chi connectivity index (χ1) is 9.63. The zero-order valence-corrected chi connectivity index (χ0v) is 10.6. The molecule has 1 aromatic heterocycles. The van der Waals surface area contributed by atoms with Crippen LogP contribution < -0.4 is 5.32 Å². The maximum absolute atomic E-state index is 13.1. The summed E-state index contributed by atoms with van der Waals surface area (Å²) < 4.78 is 22.9. The van der Waals surface area contributed by atoms with Crippen LogP contribution >= 0.6 is 0 Å². The second-order valence-corrected chi connectivity index (χ2v) is 3.95. The first-order valence-electron chi connectivity index (χ1n) is 5.73. The highest BCUT2D eigenvalue weighted by Gasteiger charge is 2.10. The van der Waals surface area contributed by atoms with Gasteiger partial charge in [0, 0.05) is 5.69 Å². The summed E-state index contributed by atoms with van der Waals surface area (Å²) in [5, 5.41) is 11.7. The van der Waals surface area contributed by atoms with Gasteiger partial charge in [-0.25, -0.2) is 9.18 Å². The maximum Gasteiger partial charge on any atom is 0.341 e. The van der Waals surface area contributed by atoms with E-state index in [0.717, 1.165) is 0 Å². The number of benzene rings is 1. The molecule has 20 heavy (non-hydrogen) atoms. The van der Waals surface area contributed by atoms with Crippen molar-refractivity contribution in [3.63, 3.8) is 0 Å². The fraction of sp³-hybridized carbons (Fsp3) is 0.143. The first-order valence-corrected chi connectivity index (χ1v) is 5.73. The zero-order valence-electron chi connectivity index (χ0n) is 10.6. The SMILES string of the molecule is COC(=O)c1coc(CNc2ccc(F)c(C#N)c2)c1. The number of nitriles is 1. The van der Waals surface area contributed by atoms with Crippen LogP contribution in [0.3, 0.4) is 0 Å². The van der Waals surface area contributed by atoms with Crippen LogP contribution in [0.5, 0.6) is 0 Å². The molecule has 6 heteroatoms. The molecule has 1 aromatic carbocycles. The third-order valence-corrected chi connectivity index (χ3v) is 2.63. The Labute approximate surface area is 114 Å². The van der Waals surface area contributed by atoms with E-state index in [1.54, 1.807) is 12.1 Å². The van der Waals surface area contributed by atoms with Crippen molar-refractivity contribution in [1.29, 1.82) is 5.26 Å². The molecule has 0 aliphatic rings. The van der Waals surface area contributed by atoms with Gasteiger partial charge >= 0.3 is 5.97 Å². The quantitative estimate of drug-likeness (QED) is 0.867. The summed E-state index contributed by atoms with van der Waals surface area (Å²) in [6.45, 7) is 0.299. The van der Waals surface area contributed by atoms with Gasteiger partial charge in [-0.05, 0) is 24.3 Å². The molecule has 0 radical (unpaired) electrons. The van der Waals surface area contributed by atoms with Gasteiger partial charge in [0.2, 0.25) is 0 Å². The van der Waals surface area contributed by atoms with Crippen molar-refractivity contribution in [1.82, 2.24) is 0 Å². The molecule has 1 heterocycles. The van der Waals surface area contributed by atoms with Crippen molar-refractivity contribution in [2.24, 2.45) is 0 Å². The fourth-order valence-corrected chi connectivity index (χ4v) is 1.61. The predicted molar refractivity (Wildman–Crippen MR) is 68.5 cm³/mol. The molecule has 0 saturated carbocycles. The van der Waals surface area contributed by atoms with Gasteiger partial charge in [-0.2, -0.15) is 5.26 Å². The number of methoxy groups -OCH3 is 1. The van der Waals surface area contributed by atoms with Gasteiger partial charge < -0.3 is 14.5 Å². The number of anilines is 1. The lowest BCUT2D eigenvalue weighted by Gasteiger charge is -2.04. The molecule has 0 atom stereocenters. The van der Waals surface area contributed by atoms with Crippen molar-refractivity contribution >= 4 is 11.7 Å². The number of ether oxygens (including phenoxy) is 1. The minimum absolute atomic E-state index is 0.0373. The Balaban J connectivity index is 2.04. The van der Waals surface area contributed by atoms with Gasteiger partial charge in [0.05, 0.1) is 24.8 Å². The first kappa shape index (κ1) is 13.6. The van der Waals surface area contributed by atoms with Crippen molar-refractivity contribution in [3.05, 3.63) is 53.2 Å². The number of nitrogens with zero attached hydrogens (tertiary/aromatic N) is 1. The Morgan fingerprint density at radius 1 is 1.50 bits per heavy atom. The molecule has 0 spiro atoms. The molecular weight excluding hydrogens is 263 g/mol. The molecule has 0 bridgehead atoms. The monoisotopic (exact) mass is 274 g/mol. The van der Waals surface area contributed by atoms with Crippen LogP contribution in [-0.2, 0) is 11.3 Å². The van der Waals surface area contributed by atoms with Gasteiger partial charge in [0.25, 0.3) is 0 Å². The molecule has 2 aromatic rings. The lowest BCUT2D eigenvalue weighted by atomic mass is 10.2. The Kier molecular flexibility index (Phi) is 4.01. The van der Waals surface area contributed by atoms with E-state index in [2.05, 4.69) is 10.1 Å². The maximum atomic E-state index is 13.1. The second kappa shape index (κ2) is 5.89. The summed E-state index contributed by atoms with van der Waals surface area (Å²) in [5.74, 6) is -0.522. The van der Waals surface area contributed by atoms with Crippen LogP contribution in [-0.4, -0.2) is 13.1 Å². The lowest BCUT2D eigenvalue weighted by Crippen LogP contribution is -2.00. The van der Waals surface area contributed by atoms with Crippen LogP contribution in [0.15, 0.2) is 34.9 Å². The number of nitrogens with one attached hydrogen (secondary N) is 1. The van der Waals surface area contributed by atoms with E-state index >= 15 is 0 Å². The number of carbonyl (C=O) groups excluding carboxylic acids is 1. The third-order valence-electron chi connectivity index (χ3n) is 2.63. The number of hydrogen-bond acceptors (Lipinski definition) is 5. The van der Waals surface area contributed by atoms with E-state index in [9.17, 15) is 9.18 Å². The highest BCUT2D eigenvalue weighted by atomic mass is 19.1. The lowest BCUT2D eigenvalue weighted by molar-refractivity contribution is 0.0600. The molecular formula is C14H11FN2O3. The van der Waals surface area contributed by atoms with Crippen molar-refractivity contribution in [3.8, 4) is 6.07 Å². The normalized spacial score (nSPS) is 9.85. The average Bonchev–Trinajstić information content (AvgIpc) is 2.94. The smallest absolute Gasteiger partial charge is 0.341 e. The Bertz CT molecular complexity index is 673. The van der Waals surface area contributed by atoms with E-state index in [4.69, 9.17) is 9.68 Å². The minimum Gasteiger partial charge on any atom is -0.467 e. The average molecular weight is 274 g/mol. The van der Waals surface area contributed by atoms with Crippen LogP contribution in [0, 0.1) is 17.1 Å².